The predicted octanol–water partition coefficient (Wildman–Crippen LogP) is 5.42. The Balaban J connectivity index is 2.09. The van der Waals surface area contributed by atoms with Crippen LogP contribution in [0.15, 0.2) is 83.3 Å². The maximum absolute atomic E-state index is 14.1. The summed E-state index contributed by atoms with van der Waals surface area (Å²) in [6, 6.07) is 22.2. The van der Waals surface area contributed by atoms with Gasteiger partial charge in [-0.2, -0.15) is 0 Å². The van der Waals surface area contributed by atoms with E-state index in [1.807, 2.05) is 51.1 Å². The van der Waals surface area contributed by atoms with Crippen LogP contribution in [0, 0.1) is 0 Å². The van der Waals surface area contributed by atoms with E-state index in [9.17, 15) is 18.0 Å². The van der Waals surface area contributed by atoms with Gasteiger partial charge in [0.25, 0.3) is 0 Å². The minimum absolute atomic E-state index is 0.0175. The molecule has 10 heteroatoms. The lowest BCUT2D eigenvalue weighted by Crippen LogP contribution is -2.56. The van der Waals surface area contributed by atoms with Gasteiger partial charge in [-0.15, -0.1) is 0 Å². The molecule has 0 fully saturated rings. The van der Waals surface area contributed by atoms with Gasteiger partial charge in [-0.25, -0.2) is 8.42 Å². The van der Waals surface area contributed by atoms with E-state index >= 15 is 0 Å². The minimum Gasteiger partial charge on any atom is -0.350 e. The zero-order valence-electron chi connectivity index (χ0n) is 22.4. The molecular weight excluding hydrogens is 602 g/mol. The van der Waals surface area contributed by atoms with Gasteiger partial charge in [-0.1, -0.05) is 82.1 Å². The number of sulfonamides is 1. The normalized spacial score (nSPS) is 12.5. The number of hydrogen-bond acceptors (Lipinski definition) is 4. The van der Waals surface area contributed by atoms with E-state index in [1.165, 1.54) is 4.90 Å². The molecule has 0 saturated carbocycles. The van der Waals surface area contributed by atoms with E-state index in [-0.39, 0.29) is 18.9 Å². The summed E-state index contributed by atoms with van der Waals surface area (Å²) in [7, 11) is -3.84. The second-order valence-corrected chi connectivity index (χ2v) is 13.5. The molecular formula is C29H33BrClN3O4S. The lowest BCUT2D eigenvalue weighted by atomic mass is 10.0. The number of halogens is 2. The molecule has 2 amide bonds. The Hall–Kier alpha value is -2.88. The van der Waals surface area contributed by atoms with Crippen molar-refractivity contribution in [3.05, 3.63) is 99.5 Å². The molecule has 0 aromatic heterocycles. The Bertz CT molecular complexity index is 1410. The third-order valence-electron chi connectivity index (χ3n) is 5.84. The molecule has 0 heterocycles. The van der Waals surface area contributed by atoms with Gasteiger partial charge in [0.1, 0.15) is 12.6 Å². The van der Waals surface area contributed by atoms with Gasteiger partial charge in [-0.05, 0) is 56.2 Å². The van der Waals surface area contributed by atoms with Gasteiger partial charge in [-0.3, -0.25) is 13.9 Å². The van der Waals surface area contributed by atoms with E-state index in [4.69, 9.17) is 11.6 Å². The van der Waals surface area contributed by atoms with Crippen molar-refractivity contribution >= 4 is 55.1 Å². The number of benzene rings is 3. The second-order valence-electron chi connectivity index (χ2n) is 10.3. The van der Waals surface area contributed by atoms with Crippen molar-refractivity contribution in [3.8, 4) is 0 Å². The average molecular weight is 635 g/mol. The number of hydrogen-bond donors (Lipinski definition) is 1. The summed E-state index contributed by atoms with van der Waals surface area (Å²) in [4.78, 5) is 29.2. The van der Waals surface area contributed by atoms with E-state index in [0.717, 1.165) is 16.1 Å². The molecule has 39 heavy (non-hydrogen) atoms. The molecule has 0 spiro atoms. The highest BCUT2D eigenvalue weighted by atomic mass is 79.9. The smallest absolute Gasteiger partial charge is 0.244 e. The molecule has 208 valence electrons. The van der Waals surface area contributed by atoms with Crippen LogP contribution in [0.3, 0.4) is 0 Å². The van der Waals surface area contributed by atoms with Gasteiger partial charge >= 0.3 is 0 Å². The van der Waals surface area contributed by atoms with Crippen LogP contribution in [-0.4, -0.2) is 49.5 Å². The molecule has 3 rings (SSSR count). The van der Waals surface area contributed by atoms with Crippen LogP contribution < -0.4 is 9.62 Å². The molecule has 3 aromatic carbocycles. The first-order valence-electron chi connectivity index (χ1n) is 12.4. The molecule has 1 atom stereocenters. The summed E-state index contributed by atoms with van der Waals surface area (Å²) in [5, 5.41) is 3.44. The first-order chi connectivity index (χ1) is 18.2. The Morgan fingerprint density at radius 1 is 0.974 bits per heavy atom. The molecule has 1 N–H and O–H groups in total. The monoisotopic (exact) mass is 633 g/mol. The Kier molecular flexibility index (Phi) is 10.2. The molecule has 1 unspecified atom stereocenters. The molecule has 3 aromatic rings. The van der Waals surface area contributed by atoms with Crippen molar-refractivity contribution in [1.29, 1.82) is 0 Å². The SMILES string of the molecule is CC(C)(C)NC(=O)C(Cc1ccccc1)N(Cc1ccccc1Cl)C(=O)CN(c1cccc(Br)c1)S(C)(=O)=O. The Morgan fingerprint density at radius 2 is 1.62 bits per heavy atom. The Labute approximate surface area is 244 Å². The summed E-state index contributed by atoms with van der Waals surface area (Å²) in [6.07, 6.45) is 1.28. The molecule has 0 saturated heterocycles. The fraction of sp³-hybridized carbons (Fsp3) is 0.310. The number of rotatable bonds is 10. The van der Waals surface area contributed by atoms with E-state index in [1.54, 1.807) is 48.5 Å². The fourth-order valence-corrected chi connectivity index (χ4v) is 5.49. The van der Waals surface area contributed by atoms with Crippen LogP contribution in [-0.2, 0) is 32.6 Å². The fourth-order valence-electron chi connectivity index (χ4n) is 4.06. The van der Waals surface area contributed by atoms with Crippen molar-refractivity contribution in [3.63, 3.8) is 0 Å². The second kappa shape index (κ2) is 13.0. The number of anilines is 1. The molecule has 0 bridgehead atoms. The lowest BCUT2D eigenvalue weighted by molar-refractivity contribution is -0.140. The van der Waals surface area contributed by atoms with E-state index in [0.29, 0.717) is 20.7 Å². The summed E-state index contributed by atoms with van der Waals surface area (Å²) in [5.41, 5.74) is 1.27. The standard InChI is InChI=1S/C29H33BrClN3O4S/c1-29(2,3)32-28(36)26(17-21-11-6-5-7-12-21)33(19-22-13-8-9-16-25(22)31)27(35)20-34(39(4,37)38)24-15-10-14-23(30)18-24/h5-16,18,26H,17,19-20H2,1-4H3,(H,32,36). The molecule has 7 nitrogen and oxygen atoms in total. The van der Waals surface area contributed by atoms with Crippen molar-refractivity contribution < 1.29 is 18.0 Å². The molecule has 0 radical (unpaired) electrons. The summed E-state index contributed by atoms with van der Waals surface area (Å²) in [5.74, 6) is -0.884. The van der Waals surface area contributed by atoms with Crippen LogP contribution in [0.4, 0.5) is 5.69 Å². The first-order valence-corrected chi connectivity index (χ1v) is 15.4. The quantitative estimate of drug-likeness (QED) is 0.323. The highest BCUT2D eigenvalue weighted by molar-refractivity contribution is 9.10. The van der Waals surface area contributed by atoms with Crippen molar-refractivity contribution in [1.82, 2.24) is 10.2 Å². The van der Waals surface area contributed by atoms with Gasteiger partial charge < -0.3 is 10.2 Å². The summed E-state index contributed by atoms with van der Waals surface area (Å²) in [6.45, 7) is 5.12. The number of nitrogens with zero attached hydrogens (tertiary/aromatic N) is 2. The zero-order chi connectivity index (χ0) is 28.8. The van der Waals surface area contributed by atoms with Gasteiger partial charge in [0, 0.05) is 28.0 Å². The third-order valence-corrected chi connectivity index (χ3v) is 7.85. The summed E-state index contributed by atoms with van der Waals surface area (Å²) < 4.78 is 27.4. The van der Waals surface area contributed by atoms with Crippen LogP contribution in [0.25, 0.3) is 0 Å². The largest absolute Gasteiger partial charge is 0.350 e. The number of carbonyl (C=O) groups is 2. The topological polar surface area (TPSA) is 86.8 Å². The van der Waals surface area contributed by atoms with Gasteiger partial charge in [0.05, 0.1) is 11.9 Å². The lowest BCUT2D eigenvalue weighted by Gasteiger charge is -2.35. The maximum Gasteiger partial charge on any atom is 0.244 e. The minimum atomic E-state index is -3.84. The highest BCUT2D eigenvalue weighted by Crippen LogP contribution is 2.25. The highest BCUT2D eigenvalue weighted by Gasteiger charge is 2.34. The van der Waals surface area contributed by atoms with Crippen molar-refractivity contribution in [2.45, 2.75) is 45.3 Å². The zero-order valence-corrected chi connectivity index (χ0v) is 25.6. The molecule has 0 aliphatic carbocycles. The average Bonchev–Trinajstić information content (AvgIpc) is 2.84. The first kappa shape index (κ1) is 30.7. The van der Waals surface area contributed by atoms with Crippen LogP contribution in [0.5, 0.6) is 0 Å². The molecule has 0 aliphatic rings. The van der Waals surface area contributed by atoms with Crippen LogP contribution in [0.2, 0.25) is 5.02 Å². The van der Waals surface area contributed by atoms with Crippen LogP contribution >= 0.6 is 27.5 Å². The van der Waals surface area contributed by atoms with Gasteiger partial charge in [0.15, 0.2) is 0 Å². The maximum atomic E-state index is 14.1. The summed E-state index contributed by atoms with van der Waals surface area (Å²) >= 11 is 9.83. The van der Waals surface area contributed by atoms with Gasteiger partial charge in [0.2, 0.25) is 21.8 Å². The Morgan fingerprint density at radius 3 is 2.21 bits per heavy atom. The van der Waals surface area contributed by atoms with Crippen molar-refractivity contribution in [2.24, 2.45) is 0 Å². The number of carbonyl (C=O) groups excluding carboxylic acids is 2. The predicted molar refractivity (Wildman–Crippen MR) is 160 cm³/mol. The molecule has 0 aliphatic heterocycles. The third kappa shape index (κ3) is 9.08. The number of nitrogens with one attached hydrogen (secondary N) is 1. The number of amides is 2. The van der Waals surface area contributed by atoms with E-state index < -0.39 is 34.1 Å². The van der Waals surface area contributed by atoms with Crippen molar-refractivity contribution in [2.75, 3.05) is 17.1 Å². The van der Waals surface area contributed by atoms with E-state index in [2.05, 4.69) is 21.2 Å². The van der Waals surface area contributed by atoms with Crippen LogP contribution in [0.1, 0.15) is 31.9 Å².